The summed E-state index contributed by atoms with van der Waals surface area (Å²) >= 11 is 1.52. The number of hydrogen-bond acceptors (Lipinski definition) is 4. The Morgan fingerprint density at radius 1 is 1.57 bits per heavy atom. The van der Waals surface area contributed by atoms with E-state index in [1.54, 1.807) is 6.92 Å². The van der Waals surface area contributed by atoms with Crippen LogP contribution in [0.1, 0.15) is 27.2 Å². The highest BCUT2D eigenvalue weighted by Gasteiger charge is 2.16. The van der Waals surface area contributed by atoms with Gasteiger partial charge in [-0.3, -0.25) is 4.79 Å². The maximum Gasteiger partial charge on any atom is 0.315 e. The first-order chi connectivity index (χ1) is 6.52. The average molecular weight is 215 g/mol. The fraction of sp³-hybridized carbons (Fsp3) is 0.800. The number of nitrogens with zero attached hydrogens (tertiary/aromatic N) is 1. The lowest BCUT2D eigenvalue weighted by Crippen LogP contribution is -2.11. The summed E-state index contributed by atoms with van der Waals surface area (Å²) in [6.45, 7) is 6.03. The molecule has 0 aromatic carbocycles. The van der Waals surface area contributed by atoms with Crippen molar-refractivity contribution in [1.82, 2.24) is 0 Å². The van der Waals surface area contributed by atoms with Gasteiger partial charge in [0.2, 0.25) is 0 Å². The molecule has 0 spiro atoms. The van der Waals surface area contributed by atoms with Gasteiger partial charge >= 0.3 is 5.97 Å². The van der Waals surface area contributed by atoms with Gasteiger partial charge in [-0.25, -0.2) is 0 Å². The van der Waals surface area contributed by atoms with Crippen molar-refractivity contribution in [3.05, 3.63) is 0 Å². The summed E-state index contributed by atoms with van der Waals surface area (Å²) in [6, 6.07) is 2.23. The summed E-state index contributed by atoms with van der Waals surface area (Å²) in [6.07, 6.45) is 0.799. The number of carbonyl (C=O) groups is 1. The lowest BCUT2D eigenvalue weighted by molar-refractivity contribution is -0.139. The second-order valence-electron chi connectivity index (χ2n) is 3.60. The Labute approximate surface area is 89.8 Å². The summed E-state index contributed by atoms with van der Waals surface area (Å²) in [4.78, 5) is 10.9. The van der Waals surface area contributed by atoms with Crippen LogP contribution in [-0.2, 0) is 9.53 Å². The minimum atomic E-state index is -0.290. The van der Waals surface area contributed by atoms with E-state index in [0.717, 1.165) is 12.2 Å². The fourth-order valence-corrected chi connectivity index (χ4v) is 1.79. The van der Waals surface area contributed by atoms with Gasteiger partial charge in [0.25, 0.3) is 0 Å². The molecule has 0 saturated heterocycles. The van der Waals surface area contributed by atoms with Gasteiger partial charge in [0, 0.05) is 0 Å². The van der Waals surface area contributed by atoms with Crippen molar-refractivity contribution in [1.29, 1.82) is 5.26 Å². The highest BCUT2D eigenvalue weighted by molar-refractivity contribution is 7.99. The van der Waals surface area contributed by atoms with Crippen LogP contribution in [0, 0.1) is 16.7 Å². The molecule has 14 heavy (non-hydrogen) atoms. The molecule has 0 rings (SSSR count). The van der Waals surface area contributed by atoms with Crippen LogP contribution in [0.4, 0.5) is 0 Å². The highest BCUT2D eigenvalue weighted by Crippen LogP contribution is 2.21. The quantitative estimate of drug-likeness (QED) is 0.503. The van der Waals surface area contributed by atoms with Crippen molar-refractivity contribution < 1.29 is 9.53 Å². The Hall–Kier alpha value is -0.690. The van der Waals surface area contributed by atoms with Crippen LogP contribution in [0.5, 0.6) is 0 Å². The lowest BCUT2D eigenvalue weighted by Gasteiger charge is -2.13. The first-order valence-electron chi connectivity index (χ1n) is 4.66. The van der Waals surface area contributed by atoms with Crippen LogP contribution in [0.15, 0.2) is 0 Å². The Balaban J connectivity index is 3.48. The standard InChI is InChI=1S/C10H17NO2S/c1-4-13-9(12)7-14-6-5-10(2,3)8-11/h4-7H2,1-3H3. The molecule has 3 nitrogen and oxygen atoms in total. The molecule has 0 N–H and O–H groups in total. The molecule has 0 bridgehead atoms. The van der Waals surface area contributed by atoms with E-state index in [9.17, 15) is 4.79 Å². The van der Waals surface area contributed by atoms with Gasteiger partial charge in [0.1, 0.15) is 0 Å². The predicted octanol–water partition coefficient (Wildman–Crippen LogP) is 2.22. The molecule has 4 heteroatoms. The summed E-state index contributed by atoms with van der Waals surface area (Å²) in [5.41, 5.74) is -0.290. The molecule has 0 fully saturated rings. The van der Waals surface area contributed by atoms with Crippen molar-refractivity contribution in [2.75, 3.05) is 18.1 Å². The second kappa shape index (κ2) is 6.72. The normalized spacial score (nSPS) is 10.7. The smallest absolute Gasteiger partial charge is 0.315 e. The zero-order valence-corrected chi connectivity index (χ0v) is 9.82. The van der Waals surface area contributed by atoms with Gasteiger partial charge in [-0.15, -0.1) is 0 Å². The van der Waals surface area contributed by atoms with E-state index in [2.05, 4.69) is 6.07 Å². The zero-order chi connectivity index (χ0) is 11.0. The minimum absolute atomic E-state index is 0.174. The SMILES string of the molecule is CCOC(=O)CSCCC(C)(C)C#N. The van der Waals surface area contributed by atoms with E-state index in [1.165, 1.54) is 11.8 Å². The van der Waals surface area contributed by atoms with Gasteiger partial charge in [-0.2, -0.15) is 17.0 Å². The van der Waals surface area contributed by atoms with Gasteiger partial charge < -0.3 is 4.74 Å². The highest BCUT2D eigenvalue weighted by atomic mass is 32.2. The molecule has 0 aromatic rings. The van der Waals surface area contributed by atoms with Crippen LogP contribution in [-0.4, -0.2) is 24.1 Å². The first-order valence-corrected chi connectivity index (χ1v) is 5.82. The molecular weight excluding hydrogens is 198 g/mol. The van der Waals surface area contributed by atoms with Crippen molar-refractivity contribution in [3.8, 4) is 6.07 Å². The van der Waals surface area contributed by atoms with E-state index >= 15 is 0 Å². The van der Waals surface area contributed by atoms with E-state index in [1.807, 2.05) is 13.8 Å². The van der Waals surface area contributed by atoms with Gasteiger partial charge in [0.05, 0.1) is 23.8 Å². The monoisotopic (exact) mass is 215 g/mol. The molecule has 0 aromatic heterocycles. The first kappa shape index (κ1) is 13.3. The molecule has 0 aliphatic heterocycles. The molecule has 0 saturated carbocycles. The Morgan fingerprint density at radius 3 is 2.71 bits per heavy atom. The van der Waals surface area contributed by atoms with Crippen molar-refractivity contribution >= 4 is 17.7 Å². The Morgan fingerprint density at radius 2 is 2.21 bits per heavy atom. The molecule has 0 aliphatic carbocycles. The second-order valence-corrected chi connectivity index (χ2v) is 4.71. The molecule has 80 valence electrons. The maximum absolute atomic E-state index is 10.9. The summed E-state index contributed by atoms with van der Waals surface area (Å²) < 4.78 is 4.78. The van der Waals surface area contributed by atoms with Crippen molar-refractivity contribution in [3.63, 3.8) is 0 Å². The number of hydrogen-bond donors (Lipinski definition) is 0. The largest absolute Gasteiger partial charge is 0.465 e. The molecule has 0 aliphatic rings. The maximum atomic E-state index is 10.9. The van der Waals surface area contributed by atoms with E-state index in [4.69, 9.17) is 10.00 Å². The number of esters is 1. The molecule has 0 amide bonds. The Kier molecular flexibility index (Phi) is 6.39. The van der Waals surface area contributed by atoms with Crippen molar-refractivity contribution in [2.45, 2.75) is 27.2 Å². The summed E-state index contributed by atoms with van der Waals surface area (Å²) in [7, 11) is 0. The van der Waals surface area contributed by atoms with Gasteiger partial charge in [-0.1, -0.05) is 0 Å². The van der Waals surface area contributed by atoms with Crippen LogP contribution in [0.2, 0.25) is 0 Å². The number of nitriles is 1. The zero-order valence-electron chi connectivity index (χ0n) is 9.00. The molecule has 0 unspecified atom stereocenters. The third kappa shape index (κ3) is 6.79. The Bertz CT molecular complexity index is 221. The van der Waals surface area contributed by atoms with E-state index < -0.39 is 0 Å². The number of ether oxygens (including phenoxy) is 1. The predicted molar refractivity (Wildman–Crippen MR) is 58.0 cm³/mol. The third-order valence-electron chi connectivity index (χ3n) is 1.70. The third-order valence-corrected chi connectivity index (χ3v) is 2.63. The number of thioether (sulfide) groups is 1. The summed E-state index contributed by atoms with van der Waals surface area (Å²) in [5.74, 6) is 1.03. The molecule has 0 heterocycles. The summed E-state index contributed by atoms with van der Waals surface area (Å²) in [5, 5.41) is 8.74. The fourth-order valence-electron chi connectivity index (χ4n) is 0.741. The lowest BCUT2D eigenvalue weighted by atomic mass is 9.93. The molecular formula is C10H17NO2S. The number of rotatable bonds is 6. The topological polar surface area (TPSA) is 50.1 Å². The number of carbonyl (C=O) groups excluding carboxylic acids is 1. The van der Waals surface area contributed by atoms with Gasteiger partial charge in [0.15, 0.2) is 0 Å². The van der Waals surface area contributed by atoms with Crippen LogP contribution >= 0.6 is 11.8 Å². The van der Waals surface area contributed by atoms with E-state index in [0.29, 0.717) is 12.4 Å². The molecule has 0 atom stereocenters. The van der Waals surface area contributed by atoms with Crippen LogP contribution in [0.3, 0.4) is 0 Å². The van der Waals surface area contributed by atoms with Crippen LogP contribution in [0.25, 0.3) is 0 Å². The van der Waals surface area contributed by atoms with Crippen molar-refractivity contribution in [2.24, 2.45) is 5.41 Å². The van der Waals surface area contributed by atoms with E-state index in [-0.39, 0.29) is 11.4 Å². The van der Waals surface area contributed by atoms with Crippen LogP contribution < -0.4 is 0 Å². The average Bonchev–Trinajstić information content (AvgIpc) is 2.13. The molecule has 0 radical (unpaired) electrons. The minimum Gasteiger partial charge on any atom is -0.465 e. The van der Waals surface area contributed by atoms with Gasteiger partial charge in [-0.05, 0) is 32.9 Å².